The van der Waals surface area contributed by atoms with Crippen molar-refractivity contribution in [2.75, 3.05) is 40.4 Å². The van der Waals surface area contributed by atoms with Gasteiger partial charge < -0.3 is 24.3 Å². The Hall–Kier alpha value is -2.49. The third-order valence-corrected chi connectivity index (χ3v) is 4.47. The molecular weight excluding hydrogens is 366 g/mol. The second-order valence-corrected chi connectivity index (χ2v) is 7.64. The van der Waals surface area contributed by atoms with Gasteiger partial charge in [-0.25, -0.2) is 13.2 Å². The molecule has 0 bridgehead atoms. The van der Waals surface area contributed by atoms with Crippen molar-refractivity contribution in [3.8, 4) is 17.2 Å². The molecule has 1 aromatic carbocycles. The summed E-state index contributed by atoms with van der Waals surface area (Å²) >= 11 is 0. The van der Waals surface area contributed by atoms with Gasteiger partial charge in [0.2, 0.25) is 5.75 Å². The van der Waals surface area contributed by atoms with Gasteiger partial charge in [-0.2, -0.15) is 0 Å². The van der Waals surface area contributed by atoms with Crippen LogP contribution in [0.4, 0.5) is 0 Å². The smallest absolute Gasteiger partial charge is 0.328 e. The number of benzene rings is 1. The van der Waals surface area contributed by atoms with Crippen molar-refractivity contribution in [3.63, 3.8) is 0 Å². The van der Waals surface area contributed by atoms with Crippen LogP contribution >= 0.6 is 0 Å². The predicted octanol–water partition coefficient (Wildman–Crippen LogP) is 0.419. The molecule has 146 valence electrons. The molecule has 9 nitrogen and oxygen atoms in total. The summed E-state index contributed by atoms with van der Waals surface area (Å²) in [6.07, 6.45) is 0.935. The highest BCUT2D eigenvalue weighted by atomic mass is 32.2. The molecule has 0 aliphatic rings. The number of sulfone groups is 1. The number of nitrogens with one attached hydrogen (secondary N) is 1. The Morgan fingerprint density at radius 3 is 1.96 bits per heavy atom. The maximum atomic E-state index is 12.5. The van der Waals surface area contributed by atoms with Gasteiger partial charge in [0, 0.05) is 11.8 Å². The molecule has 1 atom stereocenters. The molecule has 1 rings (SSSR count). The predicted molar refractivity (Wildman–Crippen MR) is 93.7 cm³/mol. The van der Waals surface area contributed by atoms with Gasteiger partial charge in [-0.15, -0.1) is 0 Å². The van der Waals surface area contributed by atoms with Crippen LogP contribution in [-0.4, -0.2) is 66.8 Å². The van der Waals surface area contributed by atoms with E-state index in [2.05, 4.69) is 10.1 Å². The van der Waals surface area contributed by atoms with E-state index in [0.717, 1.165) is 13.4 Å². The SMILES string of the molecule is COC(=O)[C@H](CCS(C)(=O)=O)NC(=O)c1cc(OC)c(OC)c(OC)c1. The van der Waals surface area contributed by atoms with Crippen LogP contribution in [0.5, 0.6) is 17.2 Å². The van der Waals surface area contributed by atoms with Crippen LogP contribution in [0.25, 0.3) is 0 Å². The largest absolute Gasteiger partial charge is 0.493 e. The number of ether oxygens (including phenoxy) is 4. The minimum Gasteiger partial charge on any atom is -0.493 e. The van der Waals surface area contributed by atoms with Crippen molar-refractivity contribution in [1.29, 1.82) is 0 Å². The summed E-state index contributed by atoms with van der Waals surface area (Å²) in [6, 6.07) is 1.73. The van der Waals surface area contributed by atoms with Crippen molar-refractivity contribution in [2.45, 2.75) is 12.5 Å². The Bertz CT molecular complexity index is 735. The highest BCUT2D eigenvalue weighted by Crippen LogP contribution is 2.38. The van der Waals surface area contributed by atoms with Crippen molar-refractivity contribution in [2.24, 2.45) is 0 Å². The third-order valence-electron chi connectivity index (χ3n) is 3.50. The number of hydrogen-bond acceptors (Lipinski definition) is 8. The van der Waals surface area contributed by atoms with Crippen LogP contribution < -0.4 is 19.5 Å². The molecule has 0 unspecified atom stereocenters. The van der Waals surface area contributed by atoms with E-state index in [1.165, 1.54) is 33.5 Å². The van der Waals surface area contributed by atoms with Crippen molar-refractivity contribution >= 4 is 21.7 Å². The lowest BCUT2D eigenvalue weighted by atomic mass is 10.1. The molecule has 10 heteroatoms. The molecular formula is C16H23NO8S. The van der Waals surface area contributed by atoms with Crippen molar-refractivity contribution < 1.29 is 37.0 Å². The molecule has 0 saturated carbocycles. The molecule has 0 radical (unpaired) electrons. The molecule has 1 amide bonds. The zero-order valence-electron chi connectivity index (χ0n) is 15.3. The number of hydrogen-bond donors (Lipinski definition) is 1. The first kappa shape index (κ1) is 21.6. The van der Waals surface area contributed by atoms with Crippen LogP contribution in [0, 0.1) is 0 Å². The van der Waals surface area contributed by atoms with Crippen LogP contribution in [-0.2, 0) is 19.4 Å². The van der Waals surface area contributed by atoms with Crippen molar-refractivity contribution in [3.05, 3.63) is 17.7 Å². The van der Waals surface area contributed by atoms with Crippen LogP contribution in [0.1, 0.15) is 16.8 Å². The summed E-state index contributed by atoms with van der Waals surface area (Å²) in [7, 11) is 2.09. The molecule has 1 aromatic rings. The second-order valence-electron chi connectivity index (χ2n) is 5.38. The summed E-state index contributed by atoms with van der Waals surface area (Å²) in [4.78, 5) is 24.4. The van der Waals surface area contributed by atoms with E-state index in [4.69, 9.17) is 14.2 Å². The molecule has 1 N–H and O–H groups in total. The van der Waals surface area contributed by atoms with Gasteiger partial charge in [0.25, 0.3) is 5.91 Å². The maximum absolute atomic E-state index is 12.5. The quantitative estimate of drug-likeness (QED) is 0.604. The first-order valence-electron chi connectivity index (χ1n) is 7.53. The summed E-state index contributed by atoms with van der Waals surface area (Å²) in [5.74, 6) is -0.788. The Morgan fingerprint density at radius 1 is 1.04 bits per heavy atom. The van der Waals surface area contributed by atoms with Gasteiger partial charge in [0.05, 0.1) is 34.2 Å². The number of carbonyl (C=O) groups excluding carboxylic acids is 2. The molecule has 0 aromatic heterocycles. The first-order valence-corrected chi connectivity index (χ1v) is 9.59. The van der Waals surface area contributed by atoms with Gasteiger partial charge in [-0.3, -0.25) is 4.79 Å². The number of esters is 1. The van der Waals surface area contributed by atoms with E-state index in [0.29, 0.717) is 5.75 Å². The molecule has 0 heterocycles. The Morgan fingerprint density at radius 2 is 1.58 bits per heavy atom. The lowest BCUT2D eigenvalue weighted by Gasteiger charge is -2.18. The van der Waals surface area contributed by atoms with E-state index >= 15 is 0 Å². The standard InChI is InChI=1S/C16H23NO8S/c1-22-12-8-10(9-13(23-2)14(12)24-3)15(18)17-11(16(19)25-4)6-7-26(5,20)21/h8-9,11H,6-7H2,1-5H3,(H,17,18)/t11-/m0/s1. The lowest BCUT2D eigenvalue weighted by molar-refractivity contribution is -0.142. The fraction of sp³-hybridized carbons (Fsp3) is 0.500. The summed E-state index contributed by atoms with van der Waals surface area (Å²) in [5.41, 5.74) is 0.146. The fourth-order valence-corrected chi connectivity index (χ4v) is 2.84. The molecule has 0 spiro atoms. The van der Waals surface area contributed by atoms with Gasteiger partial charge in [0.15, 0.2) is 11.5 Å². The highest BCUT2D eigenvalue weighted by molar-refractivity contribution is 7.90. The number of amides is 1. The Balaban J connectivity index is 3.10. The van der Waals surface area contributed by atoms with E-state index in [1.807, 2.05) is 0 Å². The molecule has 0 aliphatic heterocycles. The Labute approximate surface area is 152 Å². The molecule has 0 saturated heterocycles. The van der Waals surface area contributed by atoms with E-state index in [-0.39, 0.29) is 29.2 Å². The summed E-state index contributed by atoms with van der Waals surface area (Å²) < 4.78 is 42.8. The lowest BCUT2D eigenvalue weighted by Crippen LogP contribution is -2.42. The van der Waals surface area contributed by atoms with E-state index in [9.17, 15) is 18.0 Å². The highest BCUT2D eigenvalue weighted by Gasteiger charge is 2.25. The monoisotopic (exact) mass is 389 g/mol. The average molecular weight is 389 g/mol. The minimum absolute atomic E-state index is 0.109. The number of methoxy groups -OCH3 is 4. The van der Waals surface area contributed by atoms with Gasteiger partial charge in [0.1, 0.15) is 15.9 Å². The van der Waals surface area contributed by atoms with Crippen LogP contribution in [0.3, 0.4) is 0 Å². The number of rotatable bonds is 9. The summed E-state index contributed by atoms with van der Waals surface area (Å²) in [6.45, 7) is 0. The van der Waals surface area contributed by atoms with Crippen molar-refractivity contribution in [1.82, 2.24) is 5.32 Å². The maximum Gasteiger partial charge on any atom is 0.328 e. The summed E-state index contributed by atoms with van der Waals surface area (Å²) in [5, 5.41) is 2.47. The number of carbonyl (C=O) groups is 2. The van der Waals surface area contributed by atoms with Crippen LogP contribution in [0.15, 0.2) is 12.1 Å². The molecule has 26 heavy (non-hydrogen) atoms. The fourth-order valence-electron chi connectivity index (χ4n) is 2.18. The van der Waals surface area contributed by atoms with Crippen LogP contribution in [0.2, 0.25) is 0 Å². The molecule has 0 aliphatic carbocycles. The minimum atomic E-state index is -3.31. The zero-order chi connectivity index (χ0) is 19.9. The normalized spacial score (nSPS) is 12.0. The van der Waals surface area contributed by atoms with E-state index < -0.39 is 27.8 Å². The van der Waals surface area contributed by atoms with Gasteiger partial charge in [-0.1, -0.05) is 0 Å². The second kappa shape index (κ2) is 9.27. The van der Waals surface area contributed by atoms with E-state index in [1.54, 1.807) is 0 Å². The van der Waals surface area contributed by atoms with Gasteiger partial charge >= 0.3 is 5.97 Å². The topological polar surface area (TPSA) is 117 Å². The Kier molecular flexibility index (Phi) is 7.69. The first-order chi connectivity index (χ1) is 12.2. The van der Waals surface area contributed by atoms with Gasteiger partial charge in [-0.05, 0) is 18.6 Å². The molecule has 0 fully saturated rings. The zero-order valence-corrected chi connectivity index (χ0v) is 16.1. The third kappa shape index (κ3) is 5.80. The average Bonchev–Trinajstić information content (AvgIpc) is 2.61.